The SMILES string of the molecule is O=C1S/C(=C/c2cc([N+](=O)[O-])ccc2Cl)C(=O)N1c1ccc(Cl)cc1. The van der Waals surface area contributed by atoms with Gasteiger partial charge in [-0.25, -0.2) is 4.90 Å². The van der Waals surface area contributed by atoms with E-state index in [1.165, 1.54) is 24.3 Å². The number of hydrogen-bond donors (Lipinski definition) is 0. The van der Waals surface area contributed by atoms with Gasteiger partial charge in [-0.15, -0.1) is 0 Å². The van der Waals surface area contributed by atoms with Gasteiger partial charge in [-0.05, 0) is 48.2 Å². The Hall–Kier alpha value is -2.35. The topological polar surface area (TPSA) is 80.5 Å². The average molecular weight is 395 g/mol. The van der Waals surface area contributed by atoms with Crippen LogP contribution in [0.5, 0.6) is 0 Å². The van der Waals surface area contributed by atoms with Gasteiger partial charge in [0.05, 0.1) is 15.5 Å². The zero-order valence-corrected chi connectivity index (χ0v) is 14.6. The second-order valence-electron chi connectivity index (χ2n) is 4.96. The second-order valence-corrected chi connectivity index (χ2v) is 6.79. The molecule has 0 saturated carbocycles. The van der Waals surface area contributed by atoms with E-state index in [2.05, 4.69) is 0 Å². The number of benzene rings is 2. The summed E-state index contributed by atoms with van der Waals surface area (Å²) in [6.07, 6.45) is 1.37. The van der Waals surface area contributed by atoms with E-state index in [1.807, 2.05) is 0 Å². The second kappa shape index (κ2) is 6.87. The lowest BCUT2D eigenvalue weighted by molar-refractivity contribution is -0.384. The highest BCUT2D eigenvalue weighted by atomic mass is 35.5. The van der Waals surface area contributed by atoms with E-state index in [4.69, 9.17) is 23.2 Å². The number of non-ortho nitro benzene ring substituents is 1. The maximum absolute atomic E-state index is 12.5. The van der Waals surface area contributed by atoms with Crippen molar-refractivity contribution in [1.29, 1.82) is 0 Å². The summed E-state index contributed by atoms with van der Waals surface area (Å²) in [6.45, 7) is 0. The summed E-state index contributed by atoms with van der Waals surface area (Å²) in [7, 11) is 0. The lowest BCUT2D eigenvalue weighted by Gasteiger charge is -2.12. The van der Waals surface area contributed by atoms with Crippen molar-refractivity contribution in [3.05, 3.63) is 73.1 Å². The van der Waals surface area contributed by atoms with Gasteiger partial charge in [0.15, 0.2) is 0 Å². The molecule has 0 spiro atoms. The number of anilines is 1. The number of nitro groups is 1. The molecule has 1 aliphatic rings. The van der Waals surface area contributed by atoms with Crippen molar-refractivity contribution in [2.24, 2.45) is 0 Å². The van der Waals surface area contributed by atoms with Crippen molar-refractivity contribution in [3.8, 4) is 0 Å². The van der Waals surface area contributed by atoms with E-state index in [-0.39, 0.29) is 21.2 Å². The van der Waals surface area contributed by atoms with E-state index >= 15 is 0 Å². The first-order valence-electron chi connectivity index (χ1n) is 6.84. The molecule has 1 heterocycles. The Kier molecular flexibility index (Phi) is 4.80. The molecular weight excluding hydrogens is 387 g/mol. The van der Waals surface area contributed by atoms with Crippen molar-refractivity contribution in [1.82, 2.24) is 0 Å². The van der Waals surface area contributed by atoms with Crippen LogP contribution in [0.25, 0.3) is 6.08 Å². The molecule has 1 fully saturated rings. The molecule has 0 radical (unpaired) electrons. The largest absolute Gasteiger partial charge is 0.298 e. The third kappa shape index (κ3) is 3.53. The van der Waals surface area contributed by atoms with Crippen LogP contribution in [0, 0.1) is 10.1 Å². The molecule has 0 atom stereocenters. The number of amides is 2. The van der Waals surface area contributed by atoms with Gasteiger partial charge in [0.2, 0.25) is 0 Å². The van der Waals surface area contributed by atoms with Crippen LogP contribution in [0.3, 0.4) is 0 Å². The number of carbonyl (C=O) groups is 2. The highest BCUT2D eigenvalue weighted by molar-refractivity contribution is 8.19. The van der Waals surface area contributed by atoms with E-state index in [1.54, 1.807) is 24.3 Å². The molecule has 25 heavy (non-hydrogen) atoms. The average Bonchev–Trinajstić information content (AvgIpc) is 2.84. The Balaban J connectivity index is 1.97. The van der Waals surface area contributed by atoms with Gasteiger partial charge in [0.25, 0.3) is 16.8 Å². The first-order chi connectivity index (χ1) is 11.9. The summed E-state index contributed by atoms with van der Waals surface area (Å²) in [4.78, 5) is 36.2. The highest BCUT2D eigenvalue weighted by Gasteiger charge is 2.36. The smallest absolute Gasteiger partial charge is 0.268 e. The van der Waals surface area contributed by atoms with Gasteiger partial charge in [0, 0.05) is 27.7 Å². The van der Waals surface area contributed by atoms with Gasteiger partial charge >= 0.3 is 0 Å². The van der Waals surface area contributed by atoms with Crippen molar-refractivity contribution in [2.75, 3.05) is 4.90 Å². The zero-order valence-electron chi connectivity index (χ0n) is 12.3. The maximum atomic E-state index is 12.5. The van der Waals surface area contributed by atoms with E-state index < -0.39 is 16.1 Å². The van der Waals surface area contributed by atoms with Crippen LogP contribution >= 0.6 is 35.0 Å². The van der Waals surface area contributed by atoms with Crippen LogP contribution in [0.15, 0.2) is 47.4 Å². The molecule has 9 heteroatoms. The molecule has 0 aliphatic carbocycles. The molecule has 2 aromatic rings. The molecule has 126 valence electrons. The minimum absolute atomic E-state index is 0.127. The Morgan fingerprint density at radius 2 is 1.76 bits per heavy atom. The molecule has 0 N–H and O–H groups in total. The van der Waals surface area contributed by atoms with Gasteiger partial charge in [-0.2, -0.15) is 0 Å². The predicted octanol–water partition coefficient (Wildman–Crippen LogP) is 5.14. The van der Waals surface area contributed by atoms with Gasteiger partial charge in [-0.1, -0.05) is 23.2 Å². The number of thioether (sulfide) groups is 1. The molecule has 1 saturated heterocycles. The third-order valence-corrected chi connectivity index (χ3v) is 4.82. The molecule has 1 aliphatic heterocycles. The van der Waals surface area contributed by atoms with Crippen molar-refractivity contribution < 1.29 is 14.5 Å². The Morgan fingerprint density at radius 3 is 2.40 bits per heavy atom. The Bertz CT molecular complexity index is 928. The lowest BCUT2D eigenvalue weighted by atomic mass is 10.2. The van der Waals surface area contributed by atoms with Crippen LogP contribution in [-0.4, -0.2) is 16.1 Å². The number of hydrogen-bond acceptors (Lipinski definition) is 5. The number of nitro benzene ring substituents is 1. The first kappa shape index (κ1) is 17.5. The fourth-order valence-electron chi connectivity index (χ4n) is 2.18. The van der Waals surface area contributed by atoms with E-state index in [9.17, 15) is 19.7 Å². The number of halogens is 2. The summed E-state index contributed by atoms with van der Waals surface area (Å²) in [5.74, 6) is -0.528. The maximum Gasteiger partial charge on any atom is 0.298 e. The molecule has 2 amide bonds. The lowest BCUT2D eigenvalue weighted by Crippen LogP contribution is -2.27. The quantitative estimate of drug-likeness (QED) is 0.408. The monoisotopic (exact) mass is 394 g/mol. The normalized spacial score (nSPS) is 15.9. The van der Waals surface area contributed by atoms with Gasteiger partial charge < -0.3 is 0 Å². The van der Waals surface area contributed by atoms with Crippen LogP contribution < -0.4 is 4.90 Å². The minimum atomic E-state index is -0.562. The summed E-state index contributed by atoms with van der Waals surface area (Å²) in [6, 6.07) is 10.1. The molecule has 6 nitrogen and oxygen atoms in total. The van der Waals surface area contributed by atoms with Crippen LogP contribution in [-0.2, 0) is 4.79 Å². The summed E-state index contributed by atoms with van der Waals surface area (Å²) in [5.41, 5.74) is 0.519. The molecule has 2 aromatic carbocycles. The Morgan fingerprint density at radius 1 is 1.08 bits per heavy atom. The first-order valence-corrected chi connectivity index (χ1v) is 8.41. The number of carbonyl (C=O) groups excluding carboxylic acids is 2. The third-order valence-electron chi connectivity index (χ3n) is 3.36. The molecule has 0 aromatic heterocycles. The number of imide groups is 1. The van der Waals surface area contributed by atoms with Crippen molar-refractivity contribution >= 4 is 63.6 Å². The fourth-order valence-corrected chi connectivity index (χ4v) is 3.31. The standard InChI is InChI=1S/C16H8Cl2N2O4S/c17-10-1-3-11(4-2-10)19-15(21)14(25-16(19)22)8-9-7-12(20(23)24)5-6-13(9)18/h1-8H/b14-8+. The molecule has 3 rings (SSSR count). The van der Waals surface area contributed by atoms with Crippen LogP contribution in [0.1, 0.15) is 5.56 Å². The molecule has 0 unspecified atom stereocenters. The van der Waals surface area contributed by atoms with Crippen LogP contribution in [0.4, 0.5) is 16.2 Å². The highest BCUT2D eigenvalue weighted by Crippen LogP contribution is 2.37. The van der Waals surface area contributed by atoms with Gasteiger partial charge in [-0.3, -0.25) is 19.7 Å². The number of nitrogens with zero attached hydrogens (tertiary/aromatic N) is 2. The summed E-state index contributed by atoms with van der Waals surface area (Å²) < 4.78 is 0. The van der Waals surface area contributed by atoms with Crippen molar-refractivity contribution in [3.63, 3.8) is 0 Å². The van der Waals surface area contributed by atoms with Crippen LogP contribution in [0.2, 0.25) is 10.0 Å². The summed E-state index contributed by atoms with van der Waals surface area (Å²) in [5, 5.41) is 11.1. The molecular formula is C16H8Cl2N2O4S. The number of rotatable bonds is 3. The van der Waals surface area contributed by atoms with Crippen molar-refractivity contribution in [2.45, 2.75) is 0 Å². The summed E-state index contributed by atoms with van der Waals surface area (Å²) >= 11 is 12.6. The van der Waals surface area contributed by atoms with E-state index in [0.29, 0.717) is 10.7 Å². The predicted molar refractivity (Wildman–Crippen MR) is 98.0 cm³/mol. The zero-order chi connectivity index (χ0) is 18.1. The van der Waals surface area contributed by atoms with E-state index in [0.717, 1.165) is 16.7 Å². The Labute approximate surface area is 156 Å². The van der Waals surface area contributed by atoms with Gasteiger partial charge in [0.1, 0.15) is 0 Å². The molecule has 0 bridgehead atoms. The minimum Gasteiger partial charge on any atom is -0.268 e. The fraction of sp³-hybridized carbons (Fsp3) is 0.